The third-order valence-corrected chi connectivity index (χ3v) is 6.35. The van der Waals surface area contributed by atoms with Crippen molar-refractivity contribution in [3.05, 3.63) is 39.5 Å². The summed E-state index contributed by atoms with van der Waals surface area (Å²) in [7, 11) is 1.56. The Morgan fingerprint density at radius 1 is 1.29 bits per heavy atom. The van der Waals surface area contributed by atoms with E-state index in [2.05, 4.69) is 27.9 Å². The number of methoxy groups -OCH3 is 1. The average molecular weight is 544 g/mol. The van der Waals surface area contributed by atoms with Crippen LogP contribution in [-0.2, 0) is 14.3 Å². The van der Waals surface area contributed by atoms with Crippen molar-refractivity contribution < 1.29 is 29.3 Å². The predicted molar refractivity (Wildman–Crippen MR) is 122 cm³/mol. The minimum Gasteiger partial charge on any atom is -0.482 e. The van der Waals surface area contributed by atoms with E-state index in [1.165, 1.54) is 0 Å². The molecule has 0 radical (unpaired) electrons. The second-order valence-corrected chi connectivity index (χ2v) is 8.91. The summed E-state index contributed by atoms with van der Waals surface area (Å²) >= 11 is 2.15. The van der Waals surface area contributed by atoms with Crippen molar-refractivity contribution in [1.29, 1.82) is 0 Å². The Morgan fingerprint density at radius 3 is 2.68 bits per heavy atom. The van der Waals surface area contributed by atoms with Crippen LogP contribution < -0.4 is 10.1 Å². The van der Waals surface area contributed by atoms with Crippen LogP contribution in [0.5, 0.6) is 5.75 Å². The number of hydrogen-bond donors (Lipinski definition) is 3. The fourth-order valence-electron chi connectivity index (χ4n) is 3.66. The van der Waals surface area contributed by atoms with Gasteiger partial charge in [0.2, 0.25) is 11.8 Å². The van der Waals surface area contributed by atoms with E-state index in [4.69, 9.17) is 14.6 Å². The van der Waals surface area contributed by atoms with Gasteiger partial charge in [-0.25, -0.2) is 0 Å². The van der Waals surface area contributed by atoms with Crippen LogP contribution in [-0.4, -0.2) is 78.6 Å². The molecule has 170 valence electrons. The summed E-state index contributed by atoms with van der Waals surface area (Å²) in [5.74, 6) is 0.200. The second kappa shape index (κ2) is 11.3. The lowest BCUT2D eigenvalue weighted by Crippen LogP contribution is -2.56. The molecule has 1 aromatic rings. The third kappa shape index (κ3) is 6.18. The Labute approximate surface area is 195 Å². The van der Waals surface area contributed by atoms with Crippen molar-refractivity contribution in [1.82, 2.24) is 10.2 Å². The predicted octanol–water partition coefficient (Wildman–Crippen LogP) is 1.09. The van der Waals surface area contributed by atoms with Gasteiger partial charge >= 0.3 is 0 Å². The Morgan fingerprint density at radius 2 is 2.03 bits per heavy atom. The molecule has 0 bridgehead atoms. The number of para-hydroxylation sites is 1. The zero-order valence-corrected chi connectivity index (χ0v) is 19.7. The topological polar surface area (TPSA) is 108 Å². The van der Waals surface area contributed by atoms with E-state index in [1.54, 1.807) is 24.2 Å². The lowest BCUT2D eigenvalue weighted by molar-refractivity contribution is -0.140. The number of rotatable bonds is 10. The van der Waals surface area contributed by atoms with Gasteiger partial charge in [-0.3, -0.25) is 9.59 Å². The summed E-state index contributed by atoms with van der Waals surface area (Å²) < 4.78 is 12.2. The van der Waals surface area contributed by atoms with E-state index in [9.17, 15) is 14.7 Å². The molecular weight excluding hydrogens is 515 g/mol. The van der Waals surface area contributed by atoms with Gasteiger partial charge in [0.1, 0.15) is 18.0 Å². The minimum atomic E-state index is -1.01. The maximum atomic E-state index is 13.0. The first kappa shape index (κ1) is 24.0. The highest BCUT2D eigenvalue weighted by molar-refractivity contribution is 14.1. The summed E-state index contributed by atoms with van der Waals surface area (Å²) in [6, 6.07) is 6.80. The van der Waals surface area contributed by atoms with E-state index in [-0.39, 0.29) is 37.3 Å². The molecule has 1 aromatic carbocycles. The van der Waals surface area contributed by atoms with E-state index >= 15 is 0 Å². The fourth-order valence-corrected chi connectivity index (χ4v) is 4.17. The van der Waals surface area contributed by atoms with Crippen molar-refractivity contribution in [2.75, 3.05) is 33.4 Å². The number of nitrogens with one attached hydrogen (secondary N) is 1. The quantitative estimate of drug-likeness (QED) is 0.381. The lowest BCUT2D eigenvalue weighted by Gasteiger charge is -2.40. The van der Waals surface area contributed by atoms with Gasteiger partial charge in [-0.05, 0) is 53.6 Å². The third-order valence-electron chi connectivity index (χ3n) is 5.46. The van der Waals surface area contributed by atoms with Crippen LogP contribution >= 0.6 is 22.6 Å². The molecule has 8 nitrogen and oxygen atoms in total. The van der Waals surface area contributed by atoms with Crippen LogP contribution in [0.1, 0.15) is 19.3 Å². The van der Waals surface area contributed by atoms with Crippen LogP contribution in [0.3, 0.4) is 0 Å². The van der Waals surface area contributed by atoms with Crippen LogP contribution in [0.15, 0.2) is 35.9 Å². The van der Waals surface area contributed by atoms with Crippen molar-refractivity contribution >= 4 is 34.4 Å². The minimum absolute atomic E-state index is 0.0221. The highest BCUT2D eigenvalue weighted by atomic mass is 127. The maximum absolute atomic E-state index is 13.0. The van der Waals surface area contributed by atoms with Gasteiger partial charge in [0.05, 0.1) is 22.8 Å². The molecule has 0 spiro atoms. The molecule has 0 heterocycles. The summed E-state index contributed by atoms with van der Waals surface area (Å²) in [4.78, 5) is 27.3. The van der Waals surface area contributed by atoms with Crippen LogP contribution in [0.4, 0.5) is 0 Å². The number of benzene rings is 1. The Bertz CT molecular complexity index is 813. The number of ether oxygens (including phenoxy) is 2. The molecule has 0 saturated heterocycles. The molecule has 2 aliphatic rings. The largest absolute Gasteiger partial charge is 0.482 e. The standard InChI is InChI=1S/C22H29IN2O6/c1-30-11-9-25(22(29)14-6-7-14)17-12-15(21(28)24-8-10-26)13-19(20(17)27)31-18-5-3-2-4-16(18)23/h2-5,13-14,17,19-20,26-27H,6-12H2,1H3,(H,24,28). The number of aliphatic hydroxyl groups is 2. The first-order chi connectivity index (χ1) is 15.0. The normalized spacial score (nSPS) is 23.1. The van der Waals surface area contributed by atoms with Gasteiger partial charge in [-0.1, -0.05) is 12.1 Å². The summed E-state index contributed by atoms with van der Waals surface area (Å²) in [6.07, 6.45) is 1.69. The highest BCUT2D eigenvalue weighted by Gasteiger charge is 2.43. The van der Waals surface area contributed by atoms with Crippen molar-refractivity contribution in [2.45, 2.75) is 37.5 Å². The fraction of sp³-hybridized carbons (Fsp3) is 0.545. The molecule has 1 fully saturated rings. The monoisotopic (exact) mass is 544 g/mol. The molecule has 3 atom stereocenters. The van der Waals surface area contributed by atoms with Crippen molar-refractivity contribution in [3.8, 4) is 5.75 Å². The van der Waals surface area contributed by atoms with E-state index in [1.807, 2.05) is 18.2 Å². The number of carbonyl (C=O) groups is 2. The van der Waals surface area contributed by atoms with Crippen LogP contribution in [0, 0.1) is 9.49 Å². The van der Waals surface area contributed by atoms with Gasteiger partial charge in [0.25, 0.3) is 0 Å². The number of aliphatic hydroxyl groups excluding tert-OH is 2. The molecule has 0 aromatic heterocycles. The lowest BCUT2D eigenvalue weighted by atomic mass is 9.88. The SMILES string of the molecule is COCCN(C(=O)C1CC1)C1CC(C(=O)NCCO)=CC(Oc2ccccc2I)C1O. The number of carbonyl (C=O) groups excluding carboxylic acids is 2. The van der Waals surface area contributed by atoms with E-state index in [0.29, 0.717) is 24.5 Å². The van der Waals surface area contributed by atoms with Gasteiger partial charge in [0.15, 0.2) is 0 Å². The molecule has 3 unspecified atom stereocenters. The van der Waals surface area contributed by atoms with Gasteiger partial charge in [-0.2, -0.15) is 0 Å². The number of nitrogens with zero attached hydrogens (tertiary/aromatic N) is 1. The maximum Gasteiger partial charge on any atom is 0.247 e. The van der Waals surface area contributed by atoms with Crippen molar-refractivity contribution in [2.24, 2.45) is 5.92 Å². The molecule has 2 aliphatic carbocycles. The van der Waals surface area contributed by atoms with Crippen molar-refractivity contribution in [3.63, 3.8) is 0 Å². The molecule has 0 aliphatic heterocycles. The van der Waals surface area contributed by atoms with E-state index < -0.39 is 18.2 Å². The molecule has 2 amide bonds. The van der Waals surface area contributed by atoms with Gasteiger partial charge < -0.3 is 29.9 Å². The Balaban J connectivity index is 1.89. The molecule has 31 heavy (non-hydrogen) atoms. The molecule has 1 saturated carbocycles. The van der Waals surface area contributed by atoms with Gasteiger partial charge in [0, 0.05) is 38.1 Å². The van der Waals surface area contributed by atoms with E-state index in [0.717, 1.165) is 16.4 Å². The summed E-state index contributed by atoms with van der Waals surface area (Å²) in [6.45, 7) is 0.613. The molecule has 9 heteroatoms. The average Bonchev–Trinajstić information content (AvgIpc) is 3.61. The smallest absolute Gasteiger partial charge is 0.247 e. The second-order valence-electron chi connectivity index (χ2n) is 7.75. The van der Waals surface area contributed by atoms with Gasteiger partial charge in [-0.15, -0.1) is 0 Å². The zero-order chi connectivity index (χ0) is 22.4. The number of hydrogen-bond acceptors (Lipinski definition) is 6. The molecule has 3 rings (SSSR count). The zero-order valence-electron chi connectivity index (χ0n) is 17.5. The van der Waals surface area contributed by atoms with Crippen LogP contribution in [0.25, 0.3) is 0 Å². The van der Waals surface area contributed by atoms with Crippen LogP contribution in [0.2, 0.25) is 0 Å². The first-order valence-corrected chi connectivity index (χ1v) is 11.5. The Hall–Kier alpha value is -1.69. The molecule has 3 N–H and O–H groups in total. The number of amides is 2. The number of halogens is 1. The first-order valence-electron chi connectivity index (χ1n) is 10.4. The molecular formula is C22H29IN2O6. The summed E-state index contributed by atoms with van der Waals surface area (Å²) in [5, 5.41) is 22.9. The Kier molecular flexibility index (Phi) is 8.70. The summed E-state index contributed by atoms with van der Waals surface area (Å²) in [5.41, 5.74) is 0.422. The highest BCUT2D eigenvalue weighted by Crippen LogP contribution is 2.35.